The van der Waals surface area contributed by atoms with Crippen molar-refractivity contribution in [3.63, 3.8) is 0 Å². The summed E-state index contributed by atoms with van der Waals surface area (Å²) in [6, 6.07) is 15.8. The molecule has 0 N–H and O–H groups in total. The van der Waals surface area contributed by atoms with Gasteiger partial charge in [0.25, 0.3) is 0 Å². The minimum Gasteiger partial charge on any atom is -0.457 e. The summed E-state index contributed by atoms with van der Waals surface area (Å²) in [5.41, 5.74) is 5.69. The fraction of sp³-hybridized carbons (Fsp3) is 0.421. The minimum atomic E-state index is -0.170. The molecule has 0 spiro atoms. The van der Waals surface area contributed by atoms with Gasteiger partial charge in [-0.05, 0) is 92.0 Å². The van der Waals surface area contributed by atoms with Crippen molar-refractivity contribution in [1.29, 1.82) is 0 Å². The van der Waals surface area contributed by atoms with Crippen LogP contribution < -0.4 is 4.74 Å². The Hall–Kier alpha value is -4.46. The number of rotatable bonds is 8. The molecule has 2 aliphatic carbocycles. The third-order valence-electron chi connectivity index (χ3n) is 9.76. The average molecular weight is 616 g/mol. The Balaban J connectivity index is 1.19. The summed E-state index contributed by atoms with van der Waals surface area (Å²) in [4.78, 5) is 37.5. The van der Waals surface area contributed by atoms with E-state index in [4.69, 9.17) is 14.7 Å². The largest absolute Gasteiger partial charge is 0.457 e. The molecular weight excluding hydrogens is 574 g/mol. The zero-order valence-corrected chi connectivity index (χ0v) is 27.1. The zero-order chi connectivity index (χ0) is 31.9. The van der Waals surface area contributed by atoms with Crippen LogP contribution in [0.5, 0.6) is 11.5 Å². The van der Waals surface area contributed by atoms with Gasteiger partial charge in [-0.1, -0.05) is 33.3 Å². The van der Waals surface area contributed by atoms with Crippen molar-refractivity contribution in [1.82, 2.24) is 25.1 Å². The Morgan fingerprint density at radius 1 is 0.978 bits per heavy atom. The van der Waals surface area contributed by atoms with E-state index in [1.165, 1.54) is 18.4 Å². The number of hydrogen-bond acceptors (Lipinski definition) is 7. The summed E-state index contributed by atoms with van der Waals surface area (Å²) in [5.74, 6) is 3.40. The van der Waals surface area contributed by atoms with Crippen LogP contribution in [0.4, 0.5) is 0 Å². The Morgan fingerprint density at radius 2 is 1.78 bits per heavy atom. The molecule has 7 rings (SSSR count). The number of amides is 1. The summed E-state index contributed by atoms with van der Waals surface area (Å²) in [7, 11) is 0. The number of fused-ring (bicyclic) bond motifs is 1. The van der Waals surface area contributed by atoms with Crippen molar-refractivity contribution in [2.24, 2.45) is 17.8 Å². The lowest BCUT2D eigenvalue weighted by Gasteiger charge is -2.21. The first-order valence-electron chi connectivity index (χ1n) is 16.7. The molecule has 3 atom stereocenters. The van der Waals surface area contributed by atoms with E-state index < -0.39 is 0 Å². The first-order valence-corrected chi connectivity index (χ1v) is 16.7. The molecule has 2 aromatic heterocycles. The van der Waals surface area contributed by atoms with Crippen LogP contribution >= 0.6 is 0 Å². The molecule has 236 valence electrons. The fourth-order valence-electron chi connectivity index (χ4n) is 6.76. The third-order valence-corrected chi connectivity index (χ3v) is 9.76. The highest BCUT2D eigenvalue weighted by molar-refractivity contribution is 5.93. The Labute approximate surface area is 270 Å². The molecule has 2 aromatic carbocycles. The maximum atomic E-state index is 13.1. The minimum absolute atomic E-state index is 0.0394. The molecule has 0 bridgehead atoms. The maximum absolute atomic E-state index is 13.1. The molecule has 1 aliphatic heterocycles. The van der Waals surface area contributed by atoms with Crippen molar-refractivity contribution in [3.8, 4) is 22.8 Å². The molecule has 3 heterocycles. The number of nitrogens with zero attached hydrogens (tertiary/aromatic N) is 5. The van der Waals surface area contributed by atoms with Crippen molar-refractivity contribution in [3.05, 3.63) is 83.5 Å². The lowest BCUT2D eigenvalue weighted by atomic mass is 9.87. The quantitative estimate of drug-likeness (QED) is 0.200. The van der Waals surface area contributed by atoms with Crippen LogP contribution in [-0.2, 0) is 16.1 Å². The molecule has 1 saturated heterocycles. The molecule has 2 fully saturated rings. The van der Waals surface area contributed by atoms with Gasteiger partial charge in [0.1, 0.15) is 17.3 Å². The molecular formula is C38H41N5O3. The van der Waals surface area contributed by atoms with Crippen molar-refractivity contribution in [2.75, 3.05) is 6.54 Å². The number of aromatic nitrogens is 4. The second-order valence-electron chi connectivity index (χ2n) is 13.8. The standard InChI is InChI=1S/C38H41N5O3/c1-22(2)32-13-14-33(42-41-32)26-7-10-30(11-8-26)46-36-18-34-28(16-29(36)21-43-20-23(3)15-37(43)45)19-39-38(40-34)31-12-9-27(25-5-6-25)17-35(44)24(31)4/h7-8,10-11,13-14,16-19,22-25,31H,5-6,9,12,15,20-21H2,1-4H3/t23-,24?,31?/m0/s1. The fourth-order valence-corrected chi connectivity index (χ4v) is 6.76. The highest BCUT2D eigenvalue weighted by Gasteiger charge is 2.34. The number of ketones is 1. The van der Waals surface area contributed by atoms with Crippen LogP contribution in [0.15, 0.2) is 66.4 Å². The zero-order valence-electron chi connectivity index (χ0n) is 27.1. The van der Waals surface area contributed by atoms with E-state index in [0.717, 1.165) is 52.8 Å². The molecule has 8 nitrogen and oxygen atoms in total. The summed E-state index contributed by atoms with van der Waals surface area (Å²) in [6.07, 6.45) is 8.51. The van der Waals surface area contributed by atoms with Crippen LogP contribution in [-0.4, -0.2) is 43.3 Å². The Bertz CT molecular complexity index is 1810. The SMILES string of the molecule is CC(C)c1ccc(-c2ccc(Oc3cc4nc(C5CCC(C6CC6)=CC(=O)C5C)ncc4cc3CN3C[C@@H](C)CC3=O)cc2)nn1. The first-order chi connectivity index (χ1) is 22.2. The van der Waals surface area contributed by atoms with Crippen LogP contribution in [0, 0.1) is 17.8 Å². The van der Waals surface area contributed by atoms with E-state index in [9.17, 15) is 9.59 Å². The molecule has 46 heavy (non-hydrogen) atoms. The number of carbonyl (C=O) groups is 2. The average Bonchev–Trinajstić information content (AvgIpc) is 3.86. The van der Waals surface area contributed by atoms with Gasteiger partial charge in [-0.25, -0.2) is 9.97 Å². The van der Waals surface area contributed by atoms with E-state index in [1.807, 2.05) is 72.6 Å². The number of likely N-dealkylation sites (tertiary alicyclic amines) is 1. The highest BCUT2D eigenvalue weighted by Crippen LogP contribution is 2.43. The van der Waals surface area contributed by atoms with Gasteiger partial charge in [0.2, 0.25) is 5.91 Å². The van der Waals surface area contributed by atoms with Gasteiger partial charge in [0.05, 0.1) is 16.9 Å². The molecule has 1 saturated carbocycles. The van der Waals surface area contributed by atoms with Gasteiger partial charge in [0, 0.05) is 60.1 Å². The number of ether oxygens (including phenoxy) is 1. The molecule has 4 aromatic rings. The smallest absolute Gasteiger partial charge is 0.223 e. The van der Waals surface area contributed by atoms with Crippen molar-refractivity contribution < 1.29 is 14.3 Å². The van der Waals surface area contributed by atoms with E-state index in [1.54, 1.807) is 0 Å². The number of allylic oxidation sites excluding steroid dienone is 2. The topological polar surface area (TPSA) is 98.2 Å². The lowest BCUT2D eigenvalue weighted by molar-refractivity contribution is -0.128. The maximum Gasteiger partial charge on any atom is 0.223 e. The molecule has 8 heteroatoms. The highest BCUT2D eigenvalue weighted by atomic mass is 16.5. The van der Waals surface area contributed by atoms with E-state index in [-0.39, 0.29) is 23.5 Å². The predicted molar refractivity (Wildman–Crippen MR) is 177 cm³/mol. The van der Waals surface area contributed by atoms with Crippen LogP contribution in [0.1, 0.15) is 88.7 Å². The molecule has 1 amide bonds. The van der Waals surface area contributed by atoms with Gasteiger partial charge in [0.15, 0.2) is 5.78 Å². The Morgan fingerprint density at radius 3 is 2.46 bits per heavy atom. The molecule has 0 radical (unpaired) electrons. The van der Waals surface area contributed by atoms with Gasteiger partial charge >= 0.3 is 0 Å². The van der Waals surface area contributed by atoms with Crippen molar-refractivity contribution in [2.45, 2.75) is 78.2 Å². The first kappa shape index (κ1) is 30.2. The van der Waals surface area contributed by atoms with Crippen molar-refractivity contribution >= 4 is 22.6 Å². The monoisotopic (exact) mass is 615 g/mol. The second-order valence-corrected chi connectivity index (χ2v) is 13.8. The van der Waals surface area contributed by atoms with Gasteiger partial charge in [-0.3, -0.25) is 9.59 Å². The summed E-state index contributed by atoms with van der Waals surface area (Å²) in [6.45, 7) is 9.49. The third kappa shape index (κ3) is 6.30. The van der Waals surface area contributed by atoms with Crippen LogP contribution in [0.2, 0.25) is 0 Å². The van der Waals surface area contributed by atoms with Crippen LogP contribution in [0.25, 0.3) is 22.2 Å². The van der Waals surface area contributed by atoms with E-state index in [0.29, 0.717) is 48.0 Å². The lowest BCUT2D eigenvalue weighted by Crippen LogP contribution is -2.24. The van der Waals surface area contributed by atoms with Gasteiger partial charge in [-0.2, -0.15) is 10.2 Å². The van der Waals surface area contributed by atoms with E-state index in [2.05, 4.69) is 31.0 Å². The molecule has 2 unspecified atom stereocenters. The Kier molecular flexibility index (Phi) is 8.13. The second kappa shape index (κ2) is 12.4. The van der Waals surface area contributed by atoms with E-state index >= 15 is 0 Å². The van der Waals surface area contributed by atoms with Crippen LogP contribution in [0.3, 0.4) is 0 Å². The predicted octanol–water partition coefficient (Wildman–Crippen LogP) is 7.79. The normalized spacial score (nSPS) is 22.0. The number of carbonyl (C=O) groups excluding carboxylic acids is 2. The molecule has 3 aliphatic rings. The number of hydrogen-bond donors (Lipinski definition) is 0. The summed E-state index contributed by atoms with van der Waals surface area (Å²) < 4.78 is 6.53. The summed E-state index contributed by atoms with van der Waals surface area (Å²) >= 11 is 0. The van der Waals surface area contributed by atoms with Gasteiger partial charge < -0.3 is 9.64 Å². The summed E-state index contributed by atoms with van der Waals surface area (Å²) in [5, 5.41) is 9.66. The van der Waals surface area contributed by atoms with Gasteiger partial charge in [-0.15, -0.1) is 0 Å². The number of benzene rings is 2.